The van der Waals surface area contributed by atoms with Crippen molar-refractivity contribution in [1.82, 2.24) is 15.0 Å². The fraction of sp³-hybridized carbons (Fsp3) is 0.400. The largest absolute Gasteiger partial charge is 0.373 e. The van der Waals surface area contributed by atoms with Gasteiger partial charge >= 0.3 is 0 Å². The average molecular weight is 254 g/mol. The summed E-state index contributed by atoms with van der Waals surface area (Å²) in [5.41, 5.74) is 2.13. The molecule has 4 nitrogen and oxygen atoms in total. The fourth-order valence-corrected chi connectivity index (χ4v) is 2.65. The van der Waals surface area contributed by atoms with Crippen molar-refractivity contribution in [1.29, 1.82) is 0 Å². The first-order chi connectivity index (χ1) is 9.36. The van der Waals surface area contributed by atoms with Crippen LogP contribution in [-0.4, -0.2) is 22.0 Å². The maximum Gasteiger partial charge on any atom is 0.163 e. The molecule has 1 saturated carbocycles. The van der Waals surface area contributed by atoms with Gasteiger partial charge < -0.3 is 5.32 Å². The van der Waals surface area contributed by atoms with Gasteiger partial charge in [-0.05, 0) is 25.0 Å². The van der Waals surface area contributed by atoms with E-state index in [1.165, 1.54) is 25.7 Å². The molecule has 0 aliphatic heterocycles. The van der Waals surface area contributed by atoms with Crippen molar-refractivity contribution < 1.29 is 0 Å². The maximum absolute atomic E-state index is 4.74. The zero-order chi connectivity index (χ0) is 13.1. The second kappa shape index (κ2) is 5.34. The zero-order valence-corrected chi connectivity index (χ0v) is 11.1. The lowest BCUT2D eigenvalue weighted by Gasteiger charge is -2.12. The Hall–Kier alpha value is -1.97. The summed E-state index contributed by atoms with van der Waals surface area (Å²) < 4.78 is 0. The molecule has 19 heavy (non-hydrogen) atoms. The molecular formula is C15H18N4. The molecule has 1 aliphatic rings. The number of pyridine rings is 1. The van der Waals surface area contributed by atoms with Crippen molar-refractivity contribution in [3.8, 4) is 11.4 Å². The lowest BCUT2D eigenvalue weighted by molar-refractivity contribution is 0.696. The predicted octanol–water partition coefficient (Wildman–Crippen LogP) is 3.24. The highest BCUT2D eigenvalue weighted by atomic mass is 15.0. The third-order valence-corrected chi connectivity index (χ3v) is 3.70. The normalized spacial score (nSPS) is 15.6. The van der Waals surface area contributed by atoms with Crippen LogP contribution in [0.2, 0.25) is 0 Å². The molecule has 1 N–H and O–H groups in total. The predicted molar refractivity (Wildman–Crippen MR) is 76.0 cm³/mol. The molecule has 2 aromatic heterocycles. The van der Waals surface area contributed by atoms with Crippen LogP contribution < -0.4 is 5.32 Å². The van der Waals surface area contributed by atoms with E-state index in [2.05, 4.69) is 21.4 Å². The van der Waals surface area contributed by atoms with Crippen LogP contribution in [0.15, 0.2) is 30.6 Å². The quantitative estimate of drug-likeness (QED) is 0.913. The topological polar surface area (TPSA) is 50.7 Å². The molecule has 0 atom stereocenters. The van der Waals surface area contributed by atoms with E-state index in [0.717, 1.165) is 22.9 Å². The molecule has 98 valence electrons. The SMILES string of the molecule is CNc1cc(C2CCCC2)nc(-c2cccnc2)n1. The molecule has 4 heteroatoms. The smallest absolute Gasteiger partial charge is 0.163 e. The minimum Gasteiger partial charge on any atom is -0.373 e. The summed E-state index contributed by atoms with van der Waals surface area (Å²) in [5, 5.41) is 3.13. The molecule has 2 heterocycles. The molecule has 0 radical (unpaired) electrons. The van der Waals surface area contributed by atoms with Gasteiger partial charge in [-0.25, -0.2) is 9.97 Å². The van der Waals surface area contributed by atoms with Crippen molar-refractivity contribution in [3.05, 3.63) is 36.3 Å². The van der Waals surface area contributed by atoms with Gasteiger partial charge in [0, 0.05) is 42.7 Å². The first kappa shape index (κ1) is 12.1. The molecule has 0 aromatic carbocycles. The number of aromatic nitrogens is 3. The Balaban J connectivity index is 2.02. The summed E-state index contributed by atoms with van der Waals surface area (Å²) in [5.74, 6) is 2.24. The summed E-state index contributed by atoms with van der Waals surface area (Å²) in [6.07, 6.45) is 8.69. The lowest BCUT2D eigenvalue weighted by atomic mass is 10.0. The second-order valence-corrected chi connectivity index (χ2v) is 4.97. The van der Waals surface area contributed by atoms with Crippen molar-refractivity contribution in [2.75, 3.05) is 12.4 Å². The number of nitrogens with one attached hydrogen (secondary N) is 1. The van der Waals surface area contributed by atoms with Crippen LogP contribution in [0.4, 0.5) is 5.82 Å². The third-order valence-electron chi connectivity index (χ3n) is 3.70. The average Bonchev–Trinajstić information content (AvgIpc) is 3.02. The minimum atomic E-state index is 0.588. The summed E-state index contributed by atoms with van der Waals surface area (Å²) in [4.78, 5) is 13.4. The van der Waals surface area contributed by atoms with Crippen LogP contribution >= 0.6 is 0 Å². The number of rotatable bonds is 3. The molecule has 0 spiro atoms. The van der Waals surface area contributed by atoms with Gasteiger partial charge in [0.15, 0.2) is 5.82 Å². The Morgan fingerprint density at radius 3 is 2.74 bits per heavy atom. The molecule has 0 unspecified atom stereocenters. The van der Waals surface area contributed by atoms with Crippen LogP contribution in [0.3, 0.4) is 0 Å². The zero-order valence-electron chi connectivity index (χ0n) is 11.1. The van der Waals surface area contributed by atoms with Crippen molar-refractivity contribution in [3.63, 3.8) is 0 Å². The highest BCUT2D eigenvalue weighted by molar-refractivity contribution is 5.56. The summed E-state index contributed by atoms with van der Waals surface area (Å²) in [7, 11) is 1.90. The molecule has 0 bridgehead atoms. The van der Waals surface area contributed by atoms with E-state index in [0.29, 0.717) is 5.92 Å². The van der Waals surface area contributed by atoms with Gasteiger partial charge in [0.05, 0.1) is 0 Å². The Labute approximate surface area is 113 Å². The van der Waals surface area contributed by atoms with Crippen LogP contribution in [0, 0.1) is 0 Å². The molecule has 0 amide bonds. The van der Waals surface area contributed by atoms with Crippen LogP contribution in [0.5, 0.6) is 0 Å². The van der Waals surface area contributed by atoms with E-state index in [1.807, 2.05) is 25.4 Å². The van der Waals surface area contributed by atoms with E-state index in [-0.39, 0.29) is 0 Å². The highest BCUT2D eigenvalue weighted by Crippen LogP contribution is 2.34. The van der Waals surface area contributed by atoms with E-state index in [4.69, 9.17) is 4.98 Å². The van der Waals surface area contributed by atoms with Crippen LogP contribution in [-0.2, 0) is 0 Å². The number of anilines is 1. The monoisotopic (exact) mass is 254 g/mol. The summed E-state index contributed by atoms with van der Waals surface area (Å²) in [6.45, 7) is 0. The Kier molecular flexibility index (Phi) is 3.40. The van der Waals surface area contributed by atoms with E-state index >= 15 is 0 Å². The second-order valence-electron chi connectivity index (χ2n) is 4.97. The van der Waals surface area contributed by atoms with Crippen molar-refractivity contribution >= 4 is 5.82 Å². The standard InChI is InChI=1S/C15H18N4/c1-16-14-9-13(11-5-2-3-6-11)18-15(19-14)12-7-4-8-17-10-12/h4,7-11H,2-3,5-6H2,1H3,(H,16,18,19). The number of hydrogen-bond acceptors (Lipinski definition) is 4. The molecule has 1 aliphatic carbocycles. The van der Waals surface area contributed by atoms with Crippen molar-refractivity contribution in [2.45, 2.75) is 31.6 Å². The molecular weight excluding hydrogens is 236 g/mol. The first-order valence-corrected chi connectivity index (χ1v) is 6.84. The third kappa shape index (κ3) is 2.57. The van der Waals surface area contributed by atoms with Crippen molar-refractivity contribution in [2.24, 2.45) is 0 Å². The molecule has 1 fully saturated rings. The fourth-order valence-electron chi connectivity index (χ4n) is 2.65. The van der Waals surface area contributed by atoms with Gasteiger partial charge in [-0.3, -0.25) is 4.98 Å². The van der Waals surface area contributed by atoms with Gasteiger partial charge in [-0.2, -0.15) is 0 Å². The van der Waals surface area contributed by atoms with Crippen LogP contribution in [0.25, 0.3) is 11.4 Å². The molecule has 2 aromatic rings. The lowest BCUT2D eigenvalue weighted by Crippen LogP contribution is -2.03. The van der Waals surface area contributed by atoms with Gasteiger partial charge in [-0.15, -0.1) is 0 Å². The van der Waals surface area contributed by atoms with E-state index < -0.39 is 0 Å². The van der Waals surface area contributed by atoms with Gasteiger partial charge in [0.25, 0.3) is 0 Å². The number of hydrogen-bond donors (Lipinski definition) is 1. The summed E-state index contributed by atoms with van der Waals surface area (Å²) in [6, 6.07) is 6.00. The van der Waals surface area contributed by atoms with Crippen LogP contribution in [0.1, 0.15) is 37.3 Å². The summed E-state index contributed by atoms with van der Waals surface area (Å²) >= 11 is 0. The van der Waals surface area contributed by atoms with Gasteiger partial charge in [-0.1, -0.05) is 12.8 Å². The minimum absolute atomic E-state index is 0.588. The number of nitrogens with zero attached hydrogens (tertiary/aromatic N) is 3. The Morgan fingerprint density at radius 2 is 2.05 bits per heavy atom. The van der Waals surface area contributed by atoms with Gasteiger partial charge in [0.1, 0.15) is 5.82 Å². The molecule has 0 saturated heterocycles. The van der Waals surface area contributed by atoms with E-state index in [9.17, 15) is 0 Å². The Bertz CT molecular complexity index is 547. The highest BCUT2D eigenvalue weighted by Gasteiger charge is 2.20. The Morgan fingerprint density at radius 1 is 1.21 bits per heavy atom. The van der Waals surface area contributed by atoms with E-state index in [1.54, 1.807) is 6.20 Å². The van der Waals surface area contributed by atoms with Gasteiger partial charge in [0.2, 0.25) is 0 Å². The maximum atomic E-state index is 4.74. The first-order valence-electron chi connectivity index (χ1n) is 6.84. The molecule has 3 rings (SSSR count).